The molecule has 0 saturated heterocycles. The Labute approximate surface area is 198 Å². The summed E-state index contributed by atoms with van der Waals surface area (Å²) in [5.74, 6) is 0.0843. The van der Waals surface area contributed by atoms with Crippen LogP contribution < -0.4 is 0 Å². The SMILES string of the molecule is Clc1ccc(C2C=C(c3ccccc3)C=C(c3ccccc3)c3[nH]c4ccccc4c32)cc1. The lowest BCUT2D eigenvalue weighted by Gasteiger charge is -2.16. The van der Waals surface area contributed by atoms with Crippen LogP contribution in [0, 0.1) is 0 Å². The van der Waals surface area contributed by atoms with Gasteiger partial charge in [-0.05, 0) is 52.1 Å². The Morgan fingerprint density at radius 2 is 1.27 bits per heavy atom. The van der Waals surface area contributed by atoms with Crippen LogP contribution in [-0.4, -0.2) is 4.98 Å². The number of aromatic nitrogens is 1. The second-order valence-corrected chi connectivity index (χ2v) is 8.84. The maximum atomic E-state index is 6.25. The maximum absolute atomic E-state index is 6.25. The van der Waals surface area contributed by atoms with Gasteiger partial charge >= 0.3 is 0 Å². The first-order valence-electron chi connectivity index (χ1n) is 11.2. The average molecular weight is 444 g/mol. The van der Waals surface area contributed by atoms with Gasteiger partial charge in [0.25, 0.3) is 0 Å². The van der Waals surface area contributed by atoms with Crippen LogP contribution in [0.4, 0.5) is 0 Å². The van der Waals surface area contributed by atoms with E-state index < -0.39 is 0 Å². The molecule has 5 aromatic rings. The molecule has 0 saturated carbocycles. The van der Waals surface area contributed by atoms with Crippen LogP contribution in [0.15, 0.2) is 121 Å². The summed E-state index contributed by atoms with van der Waals surface area (Å²) in [5.41, 5.74) is 9.67. The Bertz CT molecular complexity index is 1490. The smallest absolute Gasteiger partial charge is 0.0513 e. The highest BCUT2D eigenvalue weighted by molar-refractivity contribution is 6.30. The van der Waals surface area contributed by atoms with Gasteiger partial charge in [0.1, 0.15) is 0 Å². The molecule has 1 N–H and O–H groups in total. The molecule has 1 aromatic heterocycles. The predicted octanol–water partition coefficient (Wildman–Crippen LogP) is 8.48. The molecule has 1 unspecified atom stereocenters. The monoisotopic (exact) mass is 443 g/mol. The second-order valence-electron chi connectivity index (χ2n) is 8.40. The Balaban J connectivity index is 1.68. The number of fused-ring (bicyclic) bond motifs is 3. The molecule has 0 fully saturated rings. The van der Waals surface area contributed by atoms with Gasteiger partial charge in [-0.15, -0.1) is 0 Å². The summed E-state index contributed by atoms with van der Waals surface area (Å²) in [7, 11) is 0. The molecule has 1 nitrogen and oxygen atoms in total. The first-order chi connectivity index (χ1) is 16.3. The Hall–Kier alpha value is -3.81. The average Bonchev–Trinajstić information content (AvgIpc) is 3.16. The summed E-state index contributed by atoms with van der Waals surface area (Å²) in [5, 5.41) is 2.00. The zero-order valence-electron chi connectivity index (χ0n) is 18.0. The fourth-order valence-corrected chi connectivity index (χ4v) is 4.95. The quantitative estimate of drug-likeness (QED) is 0.287. The van der Waals surface area contributed by atoms with Gasteiger partial charge in [0.2, 0.25) is 0 Å². The molecule has 4 aromatic carbocycles. The number of benzene rings is 4. The molecule has 158 valence electrons. The largest absolute Gasteiger partial charge is 0.354 e. The fraction of sp³-hybridized carbons (Fsp3) is 0.0323. The van der Waals surface area contributed by atoms with Gasteiger partial charge in [0.15, 0.2) is 0 Å². The molecule has 6 rings (SSSR count). The third-order valence-corrected chi connectivity index (χ3v) is 6.65. The number of nitrogens with one attached hydrogen (secondary N) is 1. The van der Waals surface area contributed by atoms with E-state index in [1.54, 1.807) is 0 Å². The summed E-state index contributed by atoms with van der Waals surface area (Å²) in [6.45, 7) is 0. The normalized spacial score (nSPS) is 15.5. The minimum atomic E-state index is 0.0843. The lowest BCUT2D eigenvalue weighted by Crippen LogP contribution is -2.00. The first kappa shape index (κ1) is 19.8. The van der Waals surface area contributed by atoms with E-state index in [4.69, 9.17) is 11.6 Å². The van der Waals surface area contributed by atoms with E-state index in [2.05, 4.69) is 114 Å². The van der Waals surface area contributed by atoms with Crippen LogP contribution in [0.3, 0.4) is 0 Å². The van der Waals surface area contributed by atoms with Crippen molar-refractivity contribution in [2.24, 2.45) is 0 Å². The van der Waals surface area contributed by atoms with Crippen molar-refractivity contribution in [3.63, 3.8) is 0 Å². The second kappa shape index (κ2) is 8.27. The molecule has 33 heavy (non-hydrogen) atoms. The zero-order valence-corrected chi connectivity index (χ0v) is 18.8. The highest BCUT2D eigenvalue weighted by atomic mass is 35.5. The summed E-state index contributed by atoms with van der Waals surface area (Å²) >= 11 is 6.25. The molecular formula is C31H22ClN. The van der Waals surface area contributed by atoms with Crippen molar-refractivity contribution >= 4 is 33.7 Å². The molecule has 1 aliphatic carbocycles. The van der Waals surface area contributed by atoms with Crippen LogP contribution in [0.5, 0.6) is 0 Å². The zero-order chi connectivity index (χ0) is 22.2. The number of allylic oxidation sites excluding steroid dienone is 3. The van der Waals surface area contributed by atoms with Crippen molar-refractivity contribution < 1.29 is 0 Å². The van der Waals surface area contributed by atoms with Gasteiger partial charge in [-0.1, -0.05) is 109 Å². The highest BCUT2D eigenvalue weighted by Crippen LogP contribution is 2.44. The maximum Gasteiger partial charge on any atom is 0.0513 e. The van der Waals surface area contributed by atoms with E-state index in [0.29, 0.717) is 0 Å². The Morgan fingerprint density at radius 3 is 2.00 bits per heavy atom. The molecule has 1 atom stereocenters. The Kier molecular flexibility index (Phi) is 4.97. The predicted molar refractivity (Wildman–Crippen MR) is 140 cm³/mol. The van der Waals surface area contributed by atoms with E-state index in [9.17, 15) is 0 Å². The van der Waals surface area contributed by atoms with Crippen molar-refractivity contribution in [1.29, 1.82) is 0 Å². The van der Waals surface area contributed by atoms with E-state index in [-0.39, 0.29) is 5.92 Å². The lowest BCUT2D eigenvalue weighted by molar-refractivity contribution is 1.04. The van der Waals surface area contributed by atoms with E-state index in [1.807, 2.05) is 12.1 Å². The van der Waals surface area contributed by atoms with Crippen LogP contribution in [0.25, 0.3) is 22.0 Å². The number of hydrogen-bond donors (Lipinski definition) is 1. The topological polar surface area (TPSA) is 15.8 Å². The van der Waals surface area contributed by atoms with Crippen LogP contribution >= 0.6 is 11.6 Å². The first-order valence-corrected chi connectivity index (χ1v) is 11.6. The molecule has 2 heteroatoms. The fourth-order valence-electron chi connectivity index (χ4n) is 4.83. The number of aromatic amines is 1. The summed E-state index contributed by atoms with van der Waals surface area (Å²) in [6.07, 6.45) is 4.72. The standard InChI is InChI=1S/C31H22ClN/c32-25-17-15-23(16-18-25)27-19-24(21-9-3-1-4-10-21)20-28(22-11-5-2-6-12-22)31-30(27)26-13-7-8-14-29(26)33-31/h1-20,27,33H. The minimum absolute atomic E-state index is 0.0843. The van der Waals surface area contributed by atoms with E-state index in [1.165, 1.54) is 44.5 Å². The van der Waals surface area contributed by atoms with Gasteiger partial charge in [-0.3, -0.25) is 0 Å². The third-order valence-electron chi connectivity index (χ3n) is 6.39. The van der Waals surface area contributed by atoms with Gasteiger partial charge in [0.05, 0.1) is 5.69 Å². The Morgan fingerprint density at radius 1 is 0.636 bits per heavy atom. The summed E-state index contributed by atoms with van der Waals surface area (Å²) < 4.78 is 0. The van der Waals surface area contributed by atoms with Gasteiger partial charge in [-0.2, -0.15) is 0 Å². The molecule has 1 aliphatic rings. The molecule has 0 amide bonds. The van der Waals surface area contributed by atoms with Crippen molar-refractivity contribution in [3.8, 4) is 0 Å². The van der Waals surface area contributed by atoms with Gasteiger partial charge in [-0.25, -0.2) is 0 Å². The van der Waals surface area contributed by atoms with Crippen molar-refractivity contribution in [2.75, 3.05) is 0 Å². The number of halogens is 1. The number of para-hydroxylation sites is 1. The molecule has 0 radical (unpaired) electrons. The third kappa shape index (κ3) is 3.61. The number of H-pyrrole nitrogens is 1. The number of rotatable bonds is 3. The minimum Gasteiger partial charge on any atom is -0.354 e. The summed E-state index contributed by atoms with van der Waals surface area (Å²) in [6, 6.07) is 38.1. The van der Waals surface area contributed by atoms with Crippen molar-refractivity contribution in [3.05, 3.63) is 154 Å². The van der Waals surface area contributed by atoms with Crippen molar-refractivity contribution in [1.82, 2.24) is 4.98 Å². The van der Waals surface area contributed by atoms with E-state index >= 15 is 0 Å². The van der Waals surface area contributed by atoms with Crippen LogP contribution in [-0.2, 0) is 0 Å². The summed E-state index contributed by atoms with van der Waals surface area (Å²) in [4.78, 5) is 3.76. The van der Waals surface area contributed by atoms with E-state index in [0.717, 1.165) is 10.5 Å². The molecule has 0 spiro atoms. The highest BCUT2D eigenvalue weighted by Gasteiger charge is 2.26. The van der Waals surface area contributed by atoms with Gasteiger partial charge < -0.3 is 4.98 Å². The molecule has 1 heterocycles. The van der Waals surface area contributed by atoms with Crippen LogP contribution in [0.1, 0.15) is 33.9 Å². The lowest BCUT2D eigenvalue weighted by atomic mass is 9.87. The van der Waals surface area contributed by atoms with Crippen LogP contribution in [0.2, 0.25) is 5.02 Å². The van der Waals surface area contributed by atoms with Crippen molar-refractivity contribution in [2.45, 2.75) is 5.92 Å². The van der Waals surface area contributed by atoms with Gasteiger partial charge in [0, 0.05) is 27.4 Å². The molecular weight excluding hydrogens is 422 g/mol. The molecule has 0 bridgehead atoms. The molecule has 0 aliphatic heterocycles. The number of hydrogen-bond acceptors (Lipinski definition) is 0.